The monoisotopic (exact) mass is 255 g/mol. The molecule has 2 unspecified atom stereocenters. The van der Waals surface area contributed by atoms with Crippen molar-refractivity contribution in [1.82, 2.24) is 0 Å². The van der Waals surface area contributed by atoms with Gasteiger partial charge in [-0.2, -0.15) is 0 Å². The molecule has 0 aliphatic carbocycles. The number of hydrogen-bond acceptors (Lipinski definition) is 2. The van der Waals surface area contributed by atoms with Crippen molar-refractivity contribution in [3.05, 3.63) is 34.9 Å². The van der Waals surface area contributed by atoms with Gasteiger partial charge in [0.2, 0.25) is 0 Å². The van der Waals surface area contributed by atoms with E-state index < -0.39 is 11.4 Å². The number of hydrogen-bond donors (Lipinski definition) is 2. The fourth-order valence-electron chi connectivity index (χ4n) is 2.04. The molecule has 0 amide bonds. The predicted molar refractivity (Wildman–Crippen MR) is 69.3 cm³/mol. The quantitative estimate of drug-likeness (QED) is 0.850. The van der Waals surface area contributed by atoms with Crippen LogP contribution in [-0.4, -0.2) is 17.1 Å². The molecule has 0 saturated carbocycles. The van der Waals surface area contributed by atoms with Gasteiger partial charge in [0, 0.05) is 16.5 Å². The smallest absolute Gasteiger partial charge is 0.304 e. The van der Waals surface area contributed by atoms with Gasteiger partial charge in [0.15, 0.2) is 0 Å². The summed E-state index contributed by atoms with van der Waals surface area (Å²) in [4.78, 5) is 11.0. The van der Waals surface area contributed by atoms with Gasteiger partial charge in [-0.3, -0.25) is 4.79 Å². The third-order valence-corrected chi connectivity index (χ3v) is 3.53. The highest BCUT2D eigenvalue weighted by Crippen LogP contribution is 2.32. The lowest BCUT2D eigenvalue weighted by atomic mass is 9.73. The molecule has 0 heterocycles. The van der Waals surface area contributed by atoms with Gasteiger partial charge in [-0.1, -0.05) is 37.6 Å². The third-order valence-electron chi connectivity index (χ3n) is 3.28. The minimum Gasteiger partial charge on any atom is -0.481 e. The Labute approximate surface area is 107 Å². The Hall–Kier alpha value is -1.06. The number of carbonyl (C=O) groups is 1. The normalized spacial score (nSPS) is 16.2. The number of rotatable bonds is 5. The van der Waals surface area contributed by atoms with Crippen LogP contribution in [0.15, 0.2) is 24.3 Å². The number of carboxylic acid groups (broad SMARTS) is 1. The van der Waals surface area contributed by atoms with Crippen LogP contribution >= 0.6 is 11.6 Å². The van der Waals surface area contributed by atoms with Crippen molar-refractivity contribution in [1.29, 1.82) is 0 Å². The molecular formula is C13H18ClNO2. The van der Waals surface area contributed by atoms with Crippen molar-refractivity contribution >= 4 is 17.6 Å². The number of carboxylic acids is 1. The lowest BCUT2D eigenvalue weighted by molar-refractivity contribution is -0.138. The molecule has 1 aromatic rings. The zero-order valence-electron chi connectivity index (χ0n) is 10.1. The lowest BCUT2D eigenvalue weighted by Gasteiger charge is -2.34. The summed E-state index contributed by atoms with van der Waals surface area (Å²) in [5.74, 6) is -0.841. The standard InChI is InChI=1S/C13H18ClNO2/c1-3-11(15)13(2,8-12(16)17)9-4-6-10(14)7-5-9/h4-7,11H,3,8,15H2,1-2H3,(H,16,17). The molecule has 0 spiro atoms. The van der Waals surface area contributed by atoms with Crippen molar-refractivity contribution < 1.29 is 9.90 Å². The Morgan fingerprint density at radius 3 is 2.41 bits per heavy atom. The second-order valence-electron chi connectivity index (χ2n) is 4.51. The van der Waals surface area contributed by atoms with Crippen molar-refractivity contribution in [2.45, 2.75) is 38.1 Å². The molecule has 1 aromatic carbocycles. The molecule has 1 rings (SSSR count). The van der Waals surface area contributed by atoms with E-state index in [-0.39, 0.29) is 12.5 Å². The van der Waals surface area contributed by atoms with Gasteiger partial charge in [-0.05, 0) is 24.1 Å². The Morgan fingerprint density at radius 2 is 2.00 bits per heavy atom. The van der Waals surface area contributed by atoms with Crippen LogP contribution in [0.2, 0.25) is 5.02 Å². The third kappa shape index (κ3) is 3.20. The molecule has 0 aromatic heterocycles. The van der Waals surface area contributed by atoms with Crippen molar-refractivity contribution in [2.75, 3.05) is 0 Å². The first-order valence-corrected chi connectivity index (χ1v) is 6.01. The molecule has 4 heteroatoms. The zero-order chi connectivity index (χ0) is 13.1. The highest BCUT2D eigenvalue weighted by molar-refractivity contribution is 6.30. The van der Waals surface area contributed by atoms with E-state index in [1.54, 1.807) is 12.1 Å². The van der Waals surface area contributed by atoms with Crippen LogP contribution < -0.4 is 5.73 Å². The summed E-state index contributed by atoms with van der Waals surface area (Å²) in [5.41, 5.74) is 6.42. The summed E-state index contributed by atoms with van der Waals surface area (Å²) in [6, 6.07) is 7.03. The molecule has 3 nitrogen and oxygen atoms in total. The summed E-state index contributed by atoms with van der Waals surface area (Å²) < 4.78 is 0. The molecule has 0 aliphatic heterocycles. The van der Waals surface area contributed by atoms with Gasteiger partial charge in [0.05, 0.1) is 6.42 Å². The van der Waals surface area contributed by atoms with E-state index in [0.29, 0.717) is 5.02 Å². The SMILES string of the molecule is CCC(N)C(C)(CC(=O)O)c1ccc(Cl)cc1. The summed E-state index contributed by atoms with van der Waals surface area (Å²) in [7, 11) is 0. The largest absolute Gasteiger partial charge is 0.481 e. The topological polar surface area (TPSA) is 63.3 Å². The minimum atomic E-state index is -0.841. The molecule has 0 radical (unpaired) electrons. The van der Waals surface area contributed by atoms with E-state index in [9.17, 15) is 4.79 Å². The summed E-state index contributed by atoms with van der Waals surface area (Å²) in [6.07, 6.45) is 0.746. The molecule has 0 saturated heterocycles. The van der Waals surface area contributed by atoms with E-state index >= 15 is 0 Å². The highest BCUT2D eigenvalue weighted by atomic mass is 35.5. The maximum Gasteiger partial charge on any atom is 0.304 e. The Morgan fingerprint density at radius 1 is 1.47 bits per heavy atom. The van der Waals surface area contributed by atoms with Crippen LogP contribution in [0.4, 0.5) is 0 Å². The molecular weight excluding hydrogens is 238 g/mol. The first-order chi connectivity index (χ1) is 7.90. The fraction of sp³-hybridized carbons (Fsp3) is 0.462. The molecule has 0 aliphatic rings. The second-order valence-corrected chi connectivity index (χ2v) is 4.95. The molecule has 3 N–H and O–H groups in total. The predicted octanol–water partition coefficient (Wildman–Crippen LogP) is 2.81. The van der Waals surface area contributed by atoms with E-state index in [4.69, 9.17) is 22.4 Å². The average molecular weight is 256 g/mol. The van der Waals surface area contributed by atoms with Crippen LogP contribution in [0, 0.1) is 0 Å². The van der Waals surface area contributed by atoms with Crippen LogP contribution in [-0.2, 0) is 10.2 Å². The van der Waals surface area contributed by atoms with Gasteiger partial charge >= 0.3 is 5.97 Å². The van der Waals surface area contributed by atoms with E-state index in [0.717, 1.165) is 12.0 Å². The Balaban J connectivity index is 3.13. The number of halogens is 1. The highest BCUT2D eigenvalue weighted by Gasteiger charge is 2.35. The van der Waals surface area contributed by atoms with Gasteiger partial charge in [0.1, 0.15) is 0 Å². The van der Waals surface area contributed by atoms with Crippen LogP contribution in [0.5, 0.6) is 0 Å². The van der Waals surface area contributed by atoms with E-state index in [1.165, 1.54) is 0 Å². The van der Waals surface area contributed by atoms with Crippen LogP contribution in [0.3, 0.4) is 0 Å². The average Bonchev–Trinajstić information content (AvgIpc) is 2.27. The van der Waals surface area contributed by atoms with E-state index in [1.807, 2.05) is 26.0 Å². The van der Waals surface area contributed by atoms with Crippen LogP contribution in [0.1, 0.15) is 32.3 Å². The number of nitrogens with two attached hydrogens (primary N) is 1. The maximum atomic E-state index is 11.0. The minimum absolute atomic E-state index is 0.0175. The molecule has 0 bridgehead atoms. The Bertz CT molecular complexity index is 391. The van der Waals surface area contributed by atoms with Crippen molar-refractivity contribution in [2.24, 2.45) is 5.73 Å². The number of benzene rings is 1. The maximum absolute atomic E-state index is 11.0. The van der Waals surface area contributed by atoms with Gasteiger partial charge < -0.3 is 10.8 Å². The van der Waals surface area contributed by atoms with Gasteiger partial charge in [-0.15, -0.1) is 0 Å². The molecule has 0 fully saturated rings. The zero-order valence-corrected chi connectivity index (χ0v) is 10.9. The number of aliphatic carboxylic acids is 1. The fourth-order valence-corrected chi connectivity index (χ4v) is 2.17. The second kappa shape index (κ2) is 5.52. The van der Waals surface area contributed by atoms with E-state index in [2.05, 4.69) is 0 Å². The first kappa shape index (κ1) is 14.0. The van der Waals surface area contributed by atoms with Crippen LogP contribution in [0.25, 0.3) is 0 Å². The molecule has 2 atom stereocenters. The summed E-state index contributed by atoms with van der Waals surface area (Å²) >= 11 is 5.83. The molecule has 17 heavy (non-hydrogen) atoms. The van der Waals surface area contributed by atoms with Gasteiger partial charge in [-0.25, -0.2) is 0 Å². The summed E-state index contributed by atoms with van der Waals surface area (Å²) in [5, 5.41) is 9.66. The van der Waals surface area contributed by atoms with Crippen molar-refractivity contribution in [3.63, 3.8) is 0 Å². The summed E-state index contributed by atoms with van der Waals surface area (Å²) in [6.45, 7) is 3.85. The Kier molecular flexibility index (Phi) is 4.54. The lowest BCUT2D eigenvalue weighted by Crippen LogP contribution is -2.44. The molecule has 94 valence electrons. The van der Waals surface area contributed by atoms with Gasteiger partial charge in [0.25, 0.3) is 0 Å². The first-order valence-electron chi connectivity index (χ1n) is 5.63. The van der Waals surface area contributed by atoms with Crippen molar-refractivity contribution in [3.8, 4) is 0 Å².